The number of benzene rings is 2. The smallest absolute Gasteiger partial charge is 0.276 e. The molecule has 4 rings (SSSR count). The summed E-state index contributed by atoms with van der Waals surface area (Å²) in [5.74, 6) is -0.337. The predicted molar refractivity (Wildman–Crippen MR) is 113 cm³/mol. The molecule has 0 aliphatic heterocycles. The number of hydrogen-bond donors (Lipinski definition) is 2. The molecule has 2 aromatic carbocycles. The van der Waals surface area contributed by atoms with Crippen molar-refractivity contribution in [3.05, 3.63) is 59.6 Å². The molecule has 0 spiro atoms. The maximum Gasteiger partial charge on any atom is 0.276 e. The van der Waals surface area contributed by atoms with E-state index < -0.39 is 9.84 Å². The van der Waals surface area contributed by atoms with Crippen LogP contribution < -0.4 is 10.6 Å². The number of nitrogens with one attached hydrogen (secondary N) is 2. The third-order valence-electron chi connectivity index (χ3n) is 3.78. The van der Waals surface area contributed by atoms with Crippen molar-refractivity contribution in [1.82, 2.24) is 9.97 Å². The van der Waals surface area contributed by atoms with Crippen molar-refractivity contribution in [1.29, 1.82) is 0 Å². The van der Waals surface area contributed by atoms with Crippen LogP contribution in [0.3, 0.4) is 0 Å². The van der Waals surface area contributed by atoms with Crippen LogP contribution in [0.2, 0.25) is 0 Å². The van der Waals surface area contributed by atoms with Crippen LogP contribution in [-0.4, -0.2) is 30.5 Å². The lowest BCUT2D eigenvalue weighted by atomic mass is 10.3. The summed E-state index contributed by atoms with van der Waals surface area (Å²) in [6.07, 6.45) is 1.16. The van der Waals surface area contributed by atoms with Crippen molar-refractivity contribution in [3.63, 3.8) is 0 Å². The predicted octanol–water partition coefficient (Wildman–Crippen LogP) is 4.15. The topological polar surface area (TPSA) is 101 Å². The van der Waals surface area contributed by atoms with Crippen molar-refractivity contribution in [3.8, 4) is 0 Å². The van der Waals surface area contributed by atoms with E-state index >= 15 is 0 Å². The van der Waals surface area contributed by atoms with E-state index in [1.165, 1.54) is 34.8 Å². The summed E-state index contributed by atoms with van der Waals surface area (Å²) in [4.78, 5) is 21.3. The van der Waals surface area contributed by atoms with E-state index in [4.69, 9.17) is 0 Å². The zero-order valence-corrected chi connectivity index (χ0v) is 17.0. The van der Waals surface area contributed by atoms with Crippen molar-refractivity contribution in [2.75, 3.05) is 16.9 Å². The second-order valence-corrected chi connectivity index (χ2v) is 9.80. The van der Waals surface area contributed by atoms with Crippen LogP contribution in [-0.2, 0) is 9.84 Å². The van der Waals surface area contributed by atoms with E-state index in [2.05, 4.69) is 20.6 Å². The molecule has 2 N–H and O–H groups in total. The van der Waals surface area contributed by atoms with E-state index in [0.29, 0.717) is 16.0 Å². The highest BCUT2D eigenvalue weighted by Crippen LogP contribution is 2.27. The van der Waals surface area contributed by atoms with Crippen LogP contribution in [0.5, 0.6) is 0 Å². The molecule has 0 aliphatic rings. The zero-order chi connectivity index (χ0) is 19.7. The molecule has 0 radical (unpaired) electrons. The summed E-state index contributed by atoms with van der Waals surface area (Å²) in [7, 11) is -3.24. The molecule has 0 fully saturated rings. The van der Waals surface area contributed by atoms with Crippen LogP contribution in [0.4, 0.5) is 16.0 Å². The third kappa shape index (κ3) is 4.03. The Morgan fingerprint density at radius 2 is 1.75 bits per heavy atom. The average Bonchev–Trinajstić information content (AvgIpc) is 3.27. The summed E-state index contributed by atoms with van der Waals surface area (Å²) in [5, 5.41) is 8.53. The first-order valence-corrected chi connectivity index (χ1v) is 11.7. The van der Waals surface area contributed by atoms with E-state index in [-0.39, 0.29) is 16.5 Å². The van der Waals surface area contributed by atoms with Gasteiger partial charge in [-0.1, -0.05) is 23.5 Å². The first-order valence-electron chi connectivity index (χ1n) is 8.08. The minimum Gasteiger partial charge on any atom is -0.332 e. The van der Waals surface area contributed by atoms with Gasteiger partial charge in [0.05, 0.1) is 15.1 Å². The lowest BCUT2D eigenvalue weighted by molar-refractivity contribution is 0.102. The van der Waals surface area contributed by atoms with E-state index in [0.717, 1.165) is 16.5 Å². The fourth-order valence-electron chi connectivity index (χ4n) is 2.43. The number of aromatic nitrogens is 2. The number of rotatable bonds is 5. The van der Waals surface area contributed by atoms with Crippen molar-refractivity contribution in [2.45, 2.75) is 4.90 Å². The Bertz CT molecular complexity index is 1230. The van der Waals surface area contributed by atoms with Crippen LogP contribution in [0.15, 0.2) is 58.8 Å². The van der Waals surface area contributed by atoms with Gasteiger partial charge in [0.25, 0.3) is 5.91 Å². The number of carbonyl (C=O) groups is 1. The molecular weight excluding hydrogens is 416 g/mol. The maximum atomic E-state index is 12.4. The molecule has 2 heterocycles. The van der Waals surface area contributed by atoms with Crippen LogP contribution in [0.1, 0.15) is 10.5 Å². The van der Waals surface area contributed by atoms with Gasteiger partial charge in [-0.05, 0) is 36.4 Å². The highest BCUT2D eigenvalue weighted by Gasteiger charge is 2.14. The second kappa shape index (κ2) is 7.30. The number of thiazole rings is 2. The molecule has 0 saturated heterocycles. The van der Waals surface area contributed by atoms with Gasteiger partial charge in [-0.25, -0.2) is 18.4 Å². The summed E-state index contributed by atoms with van der Waals surface area (Å²) in [5.41, 5.74) is 1.79. The van der Waals surface area contributed by atoms with Crippen LogP contribution in [0.25, 0.3) is 10.2 Å². The lowest BCUT2D eigenvalue weighted by Gasteiger charge is -2.03. The zero-order valence-electron chi connectivity index (χ0n) is 14.5. The summed E-state index contributed by atoms with van der Waals surface area (Å²) >= 11 is 2.68. The molecule has 2 aromatic heterocycles. The van der Waals surface area contributed by atoms with Gasteiger partial charge in [-0.3, -0.25) is 10.1 Å². The van der Waals surface area contributed by atoms with Crippen molar-refractivity contribution in [2.24, 2.45) is 0 Å². The Morgan fingerprint density at radius 3 is 2.46 bits per heavy atom. The Morgan fingerprint density at radius 1 is 1.00 bits per heavy atom. The van der Waals surface area contributed by atoms with Gasteiger partial charge in [-0.15, -0.1) is 11.3 Å². The van der Waals surface area contributed by atoms with Gasteiger partial charge in [0.15, 0.2) is 20.1 Å². The molecule has 0 bridgehead atoms. The van der Waals surface area contributed by atoms with Gasteiger partial charge < -0.3 is 5.32 Å². The van der Waals surface area contributed by atoms with Crippen molar-refractivity contribution < 1.29 is 13.2 Å². The third-order valence-corrected chi connectivity index (χ3v) is 6.62. The molecule has 1 amide bonds. The summed E-state index contributed by atoms with van der Waals surface area (Å²) in [6, 6.07) is 14.0. The Balaban J connectivity index is 1.45. The Kier molecular flexibility index (Phi) is 4.84. The minimum atomic E-state index is -3.24. The number of amides is 1. The quantitative estimate of drug-likeness (QED) is 0.493. The first-order chi connectivity index (χ1) is 13.4. The molecule has 142 valence electrons. The molecule has 0 atom stereocenters. The molecule has 10 heteroatoms. The maximum absolute atomic E-state index is 12.4. The Labute approximate surface area is 169 Å². The van der Waals surface area contributed by atoms with E-state index in [9.17, 15) is 13.2 Å². The number of fused-ring (bicyclic) bond motifs is 1. The molecule has 0 unspecified atom stereocenters. The van der Waals surface area contributed by atoms with Gasteiger partial charge >= 0.3 is 0 Å². The standard InChI is InChI=1S/C18H14N4O3S3/c1-28(24,25)12-8-6-11(7-9-12)19-17-21-14(10-26-17)16(23)22-18-20-13-4-2-3-5-15(13)27-18/h2-10H,1H3,(H,19,21)(H,20,22,23). The van der Waals surface area contributed by atoms with Gasteiger partial charge in [-0.2, -0.15) is 0 Å². The molecule has 7 nitrogen and oxygen atoms in total. The van der Waals surface area contributed by atoms with Gasteiger partial charge in [0.2, 0.25) is 0 Å². The second-order valence-electron chi connectivity index (χ2n) is 5.90. The number of sulfone groups is 1. The number of para-hydroxylation sites is 1. The summed E-state index contributed by atoms with van der Waals surface area (Å²) < 4.78 is 24.0. The number of nitrogens with zero attached hydrogens (tertiary/aromatic N) is 2. The molecule has 4 aromatic rings. The van der Waals surface area contributed by atoms with Gasteiger partial charge in [0, 0.05) is 17.3 Å². The normalized spacial score (nSPS) is 11.5. The number of anilines is 3. The average molecular weight is 431 g/mol. The van der Waals surface area contributed by atoms with E-state index in [1.807, 2.05) is 24.3 Å². The van der Waals surface area contributed by atoms with Crippen LogP contribution in [0, 0.1) is 0 Å². The molecule has 28 heavy (non-hydrogen) atoms. The minimum absolute atomic E-state index is 0.244. The fourth-order valence-corrected chi connectivity index (χ4v) is 4.63. The number of hydrogen-bond acceptors (Lipinski definition) is 8. The van der Waals surface area contributed by atoms with Crippen molar-refractivity contribution >= 4 is 64.6 Å². The van der Waals surface area contributed by atoms with Crippen LogP contribution >= 0.6 is 22.7 Å². The molecular formula is C18H14N4O3S3. The highest BCUT2D eigenvalue weighted by atomic mass is 32.2. The fraction of sp³-hybridized carbons (Fsp3) is 0.0556. The summed E-state index contributed by atoms with van der Waals surface area (Å²) in [6.45, 7) is 0. The largest absolute Gasteiger partial charge is 0.332 e. The first kappa shape index (κ1) is 18.5. The SMILES string of the molecule is CS(=O)(=O)c1ccc(Nc2nc(C(=O)Nc3nc4ccccc4s3)cs2)cc1. The Hall–Kier alpha value is -2.82. The van der Waals surface area contributed by atoms with E-state index in [1.54, 1.807) is 17.5 Å². The molecule has 0 saturated carbocycles. The molecule has 0 aliphatic carbocycles. The monoisotopic (exact) mass is 430 g/mol. The number of carbonyl (C=O) groups excluding carboxylic acids is 1. The highest BCUT2D eigenvalue weighted by molar-refractivity contribution is 7.90. The van der Waals surface area contributed by atoms with Gasteiger partial charge in [0.1, 0.15) is 5.69 Å². The lowest BCUT2D eigenvalue weighted by Crippen LogP contribution is -2.12.